The molecule has 0 radical (unpaired) electrons. The van der Waals surface area contributed by atoms with Gasteiger partial charge < -0.3 is 10.2 Å². The van der Waals surface area contributed by atoms with Gasteiger partial charge in [-0.3, -0.25) is 4.79 Å². The molecule has 0 bridgehead atoms. The van der Waals surface area contributed by atoms with Gasteiger partial charge in [-0.25, -0.2) is 14.4 Å². The van der Waals surface area contributed by atoms with Crippen LogP contribution in [0.2, 0.25) is 5.15 Å². The Labute approximate surface area is 148 Å². The van der Waals surface area contributed by atoms with Crippen molar-refractivity contribution in [2.45, 2.75) is 18.0 Å². The van der Waals surface area contributed by atoms with E-state index in [1.807, 2.05) is 0 Å². The van der Waals surface area contributed by atoms with Gasteiger partial charge in [-0.2, -0.15) is 0 Å². The fraction of sp³-hybridized carbons (Fsp3) is 0.312. The van der Waals surface area contributed by atoms with Gasteiger partial charge >= 0.3 is 0 Å². The molecule has 1 fully saturated rings. The molecular weight excluding hydrogens is 351 g/mol. The Morgan fingerprint density at radius 2 is 2.04 bits per heavy atom. The number of hydrogen-bond donors (Lipinski definition) is 1. The number of para-hydroxylation sites is 1. The number of carbonyl (C=O) groups excluding carboxylic acids is 1. The third kappa shape index (κ3) is 4.36. The number of thioether (sulfide) groups is 1. The second kappa shape index (κ2) is 7.81. The van der Waals surface area contributed by atoms with Gasteiger partial charge in [0.2, 0.25) is 5.91 Å². The zero-order valence-corrected chi connectivity index (χ0v) is 14.4. The Morgan fingerprint density at radius 3 is 2.79 bits per heavy atom. The number of aromatic nitrogens is 2. The van der Waals surface area contributed by atoms with Crippen LogP contribution in [0, 0.1) is 5.82 Å². The van der Waals surface area contributed by atoms with Crippen LogP contribution in [0.15, 0.2) is 35.5 Å². The van der Waals surface area contributed by atoms with Crippen LogP contribution in [-0.2, 0) is 4.79 Å². The molecule has 0 unspecified atom stereocenters. The van der Waals surface area contributed by atoms with Crippen LogP contribution in [0.1, 0.15) is 12.8 Å². The maximum Gasteiger partial charge on any atom is 0.234 e. The summed E-state index contributed by atoms with van der Waals surface area (Å²) in [6, 6.07) is 7.77. The summed E-state index contributed by atoms with van der Waals surface area (Å²) in [6.45, 7) is 1.90. The predicted octanol–water partition coefficient (Wildman–Crippen LogP) is 3.60. The summed E-state index contributed by atoms with van der Waals surface area (Å²) < 4.78 is 13.5. The highest BCUT2D eigenvalue weighted by atomic mass is 35.5. The predicted molar refractivity (Wildman–Crippen MR) is 94.2 cm³/mol. The molecule has 2 aromatic rings. The van der Waals surface area contributed by atoms with Gasteiger partial charge in [0.15, 0.2) is 5.16 Å². The molecule has 1 N–H and O–H groups in total. The van der Waals surface area contributed by atoms with E-state index in [0.717, 1.165) is 31.7 Å². The molecule has 1 amide bonds. The molecule has 3 rings (SSSR count). The lowest BCUT2D eigenvalue weighted by molar-refractivity contribution is -0.113. The van der Waals surface area contributed by atoms with Crippen molar-refractivity contribution in [2.75, 3.05) is 29.1 Å². The molecule has 0 saturated carbocycles. The van der Waals surface area contributed by atoms with Crippen LogP contribution in [0.4, 0.5) is 15.9 Å². The maximum atomic E-state index is 13.5. The summed E-state index contributed by atoms with van der Waals surface area (Å²) in [5, 5.41) is 3.32. The van der Waals surface area contributed by atoms with Crippen LogP contribution in [-0.4, -0.2) is 34.7 Å². The van der Waals surface area contributed by atoms with Crippen molar-refractivity contribution in [3.63, 3.8) is 0 Å². The van der Waals surface area contributed by atoms with Crippen LogP contribution in [0.3, 0.4) is 0 Å². The van der Waals surface area contributed by atoms with Crippen molar-refractivity contribution >= 4 is 40.8 Å². The molecule has 0 spiro atoms. The first kappa shape index (κ1) is 17.0. The molecule has 126 valence electrons. The molecule has 0 atom stereocenters. The van der Waals surface area contributed by atoms with E-state index in [4.69, 9.17) is 11.6 Å². The molecule has 8 heteroatoms. The summed E-state index contributed by atoms with van der Waals surface area (Å²) in [5.74, 6) is 0.0702. The summed E-state index contributed by atoms with van der Waals surface area (Å²) in [4.78, 5) is 22.7. The van der Waals surface area contributed by atoms with E-state index >= 15 is 0 Å². The summed E-state index contributed by atoms with van der Waals surface area (Å²) in [6.07, 6.45) is 2.27. The molecule has 5 nitrogen and oxygen atoms in total. The second-order valence-corrected chi connectivity index (χ2v) is 6.67. The van der Waals surface area contributed by atoms with Gasteiger partial charge in [0.25, 0.3) is 0 Å². The molecule has 1 aromatic carbocycles. The first-order valence-electron chi connectivity index (χ1n) is 7.58. The molecule has 24 heavy (non-hydrogen) atoms. The molecular formula is C16H16ClFN4OS. The number of rotatable bonds is 5. The first-order valence-corrected chi connectivity index (χ1v) is 8.95. The number of nitrogens with one attached hydrogen (secondary N) is 1. The molecule has 1 saturated heterocycles. The third-order valence-corrected chi connectivity index (χ3v) is 4.61. The summed E-state index contributed by atoms with van der Waals surface area (Å²) >= 11 is 7.23. The Balaban J connectivity index is 1.61. The van der Waals surface area contributed by atoms with Crippen molar-refractivity contribution < 1.29 is 9.18 Å². The van der Waals surface area contributed by atoms with Crippen LogP contribution in [0.25, 0.3) is 0 Å². The van der Waals surface area contributed by atoms with Crippen molar-refractivity contribution in [2.24, 2.45) is 0 Å². The average Bonchev–Trinajstić information content (AvgIpc) is 3.09. The topological polar surface area (TPSA) is 58.1 Å². The van der Waals surface area contributed by atoms with Gasteiger partial charge in [0.1, 0.15) is 16.8 Å². The lowest BCUT2D eigenvalue weighted by atomic mass is 10.3. The largest absolute Gasteiger partial charge is 0.356 e. The fourth-order valence-corrected chi connectivity index (χ4v) is 3.32. The Bertz CT molecular complexity index is 740. The summed E-state index contributed by atoms with van der Waals surface area (Å²) in [7, 11) is 0. The second-order valence-electron chi connectivity index (χ2n) is 5.34. The number of carbonyl (C=O) groups is 1. The van der Waals surface area contributed by atoms with E-state index in [2.05, 4.69) is 20.2 Å². The highest BCUT2D eigenvalue weighted by Crippen LogP contribution is 2.24. The van der Waals surface area contributed by atoms with E-state index in [1.54, 1.807) is 18.2 Å². The number of benzene rings is 1. The van der Waals surface area contributed by atoms with Crippen molar-refractivity contribution in [3.05, 3.63) is 41.3 Å². The van der Waals surface area contributed by atoms with Crippen LogP contribution >= 0.6 is 23.4 Å². The normalized spacial score (nSPS) is 14.0. The van der Waals surface area contributed by atoms with E-state index in [-0.39, 0.29) is 17.3 Å². The van der Waals surface area contributed by atoms with Gasteiger partial charge in [-0.1, -0.05) is 35.5 Å². The maximum absolute atomic E-state index is 13.5. The highest BCUT2D eigenvalue weighted by Gasteiger charge is 2.16. The van der Waals surface area contributed by atoms with Gasteiger partial charge in [0.05, 0.1) is 11.4 Å². The standard InChI is InChI=1S/C16H16ClFN4OS/c17-13-9-14(22-7-3-4-8-22)21-16(20-13)24-10-15(23)19-12-6-2-1-5-11(12)18/h1-2,5-6,9H,3-4,7-8,10H2,(H,19,23). The zero-order chi connectivity index (χ0) is 16.9. The first-order chi connectivity index (χ1) is 11.6. The third-order valence-electron chi connectivity index (χ3n) is 3.57. The quantitative estimate of drug-likeness (QED) is 0.497. The monoisotopic (exact) mass is 366 g/mol. The zero-order valence-electron chi connectivity index (χ0n) is 12.8. The lowest BCUT2D eigenvalue weighted by Crippen LogP contribution is -2.19. The number of hydrogen-bond acceptors (Lipinski definition) is 5. The molecule has 1 aliphatic rings. The Morgan fingerprint density at radius 1 is 1.29 bits per heavy atom. The van der Waals surface area contributed by atoms with E-state index in [9.17, 15) is 9.18 Å². The minimum absolute atomic E-state index is 0.0775. The van der Waals surface area contributed by atoms with Crippen molar-refractivity contribution in [3.8, 4) is 0 Å². The van der Waals surface area contributed by atoms with E-state index in [0.29, 0.717) is 10.3 Å². The summed E-state index contributed by atoms with van der Waals surface area (Å²) in [5.41, 5.74) is 0.160. The smallest absolute Gasteiger partial charge is 0.234 e. The van der Waals surface area contributed by atoms with Crippen molar-refractivity contribution in [1.29, 1.82) is 0 Å². The SMILES string of the molecule is O=C(CSc1nc(Cl)cc(N2CCCC2)n1)Nc1ccccc1F. The molecule has 1 aromatic heterocycles. The lowest BCUT2D eigenvalue weighted by Gasteiger charge is -2.16. The van der Waals surface area contributed by atoms with Gasteiger partial charge in [-0.05, 0) is 25.0 Å². The average molecular weight is 367 g/mol. The van der Waals surface area contributed by atoms with Crippen LogP contribution in [0.5, 0.6) is 0 Å². The number of nitrogens with zero attached hydrogens (tertiary/aromatic N) is 3. The molecule has 1 aliphatic heterocycles. The van der Waals surface area contributed by atoms with E-state index < -0.39 is 5.82 Å². The minimum Gasteiger partial charge on any atom is -0.356 e. The highest BCUT2D eigenvalue weighted by molar-refractivity contribution is 7.99. The minimum atomic E-state index is -0.467. The van der Waals surface area contributed by atoms with Gasteiger partial charge in [0, 0.05) is 19.2 Å². The van der Waals surface area contributed by atoms with Crippen LogP contribution < -0.4 is 10.2 Å². The van der Waals surface area contributed by atoms with Gasteiger partial charge in [-0.15, -0.1) is 0 Å². The fourth-order valence-electron chi connectivity index (χ4n) is 2.44. The molecule has 2 heterocycles. The van der Waals surface area contributed by atoms with E-state index in [1.165, 1.54) is 23.9 Å². The Hall–Kier alpha value is -1.86. The van der Waals surface area contributed by atoms with Crippen molar-refractivity contribution in [1.82, 2.24) is 9.97 Å². The molecule has 0 aliphatic carbocycles. The number of anilines is 2. The number of amides is 1. The number of halogens is 2. The Kier molecular flexibility index (Phi) is 5.52.